The molecule has 9 nitrogen and oxygen atoms in total. The fourth-order valence-corrected chi connectivity index (χ4v) is 4.92. The highest BCUT2D eigenvalue weighted by atomic mass is 16.6. The zero-order valence-electron chi connectivity index (χ0n) is 21.1. The highest BCUT2D eigenvalue weighted by Crippen LogP contribution is 2.35. The number of methoxy groups -OCH3 is 1. The van der Waals surface area contributed by atoms with E-state index in [1.54, 1.807) is 54.6 Å². The van der Waals surface area contributed by atoms with E-state index in [-0.39, 0.29) is 18.6 Å². The molecule has 0 saturated heterocycles. The molecule has 1 aromatic heterocycles. The maximum Gasteiger partial charge on any atom is 0.337 e. The van der Waals surface area contributed by atoms with Gasteiger partial charge in [-0.1, -0.05) is 31.4 Å². The van der Waals surface area contributed by atoms with E-state index in [0.717, 1.165) is 32.1 Å². The second-order valence-corrected chi connectivity index (χ2v) is 9.37. The van der Waals surface area contributed by atoms with Crippen molar-refractivity contribution in [2.45, 2.75) is 50.3 Å². The number of hydrogen-bond donors (Lipinski definition) is 1. The number of carbonyl (C=O) groups excluding carboxylic acids is 3. The van der Waals surface area contributed by atoms with E-state index >= 15 is 0 Å². The first kappa shape index (κ1) is 25.4. The minimum absolute atomic E-state index is 0.0218. The van der Waals surface area contributed by atoms with E-state index < -0.39 is 24.0 Å². The third-order valence-corrected chi connectivity index (χ3v) is 6.86. The second kappa shape index (κ2) is 11.4. The maximum atomic E-state index is 14.1. The number of furan rings is 1. The Hall–Kier alpha value is -4.27. The van der Waals surface area contributed by atoms with Crippen molar-refractivity contribution in [1.29, 1.82) is 0 Å². The van der Waals surface area contributed by atoms with Gasteiger partial charge in [-0.25, -0.2) is 4.79 Å². The third kappa shape index (κ3) is 5.37. The van der Waals surface area contributed by atoms with Gasteiger partial charge >= 0.3 is 5.97 Å². The Balaban J connectivity index is 1.52. The lowest BCUT2D eigenvalue weighted by Gasteiger charge is -2.35. The van der Waals surface area contributed by atoms with Crippen molar-refractivity contribution in [3.63, 3.8) is 0 Å². The third-order valence-electron chi connectivity index (χ3n) is 6.86. The summed E-state index contributed by atoms with van der Waals surface area (Å²) in [6, 6.07) is 15.7. The van der Waals surface area contributed by atoms with Gasteiger partial charge in [-0.05, 0) is 61.4 Å². The first-order chi connectivity index (χ1) is 18.5. The van der Waals surface area contributed by atoms with Crippen molar-refractivity contribution >= 4 is 23.5 Å². The first-order valence-electron chi connectivity index (χ1n) is 12.8. The number of nitrogens with zero attached hydrogens (tertiary/aromatic N) is 1. The van der Waals surface area contributed by atoms with Gasteiger partial charge in [-0.3, -0.25) is 14.5 Å². The van der Waals surface area contributed by atoms with Gasteiger partial charge in [0.15, 0.2) is 17.5 Å². The number of anilines is 1. The Kier molecular flexibility index (Phi) is 7.62. The normalized spacial score (nSPS) is 17.8. The molecule has 0 unspecified atom stereocenters. The van der Waals surface area contributed by atoms with Crippen molar-refractivity contribution in [2.24, 2.45) is 0 Å². The lowest BCUT2D eigenvalue weighted by atomic mass is 9.95. The van der Waals surface area contributed by atoms with Crippen LogP contribution in [0.2, 0.25) is 0 Å². The summed E-state index contributed by atoms with van der Waals surface area (Å²) in [7, 11) is 1.30. The minimum atomic E-state index is -1.11. The Labute approximate surface area is 220 Å². The predicted molar refractivity (Wildman–Crippen MR) is 138 cm³/mol. The van der Waals surface area contributed by atoms with Crippen molar-refractivity contribution in [1.82, 2.24) is 5.32 Å². The molecular formula is C29H30N2O7. The van der Waals surface area contributed by atoms with Crippen molar-refractivity contribution < 1.29 is 33.0 Å². The molecule has 1 aliphatic heterocycles. The Morgan fingerprint density at radius 2 is 1.68 bits per heavy atom. The number of para-hydroxylation sites is 2. The van der Waals surface area contributed by atoms with E-state index in [1.807, 2.05) is 6.07 Å². The highest BCUT2D eigenvalue weighted by Gasteiger charge is 2.41. The molecule has 5 rings (SSSR count). The molecule has 38 heavy (non-hydrogen) atoms. The molecule has 1 aliphatic carbocycles. The summed E-state index contributed by atoms with van der Waals surface area (Å²) in [6.07, 6.45) is 5.46. The summed E-state index contributed by atoms with van der Waals surface area (Å²) in [4.78, 5) is 41.3. The largest absolute Gasteiger partial charge is 0.485 e. The van der Waals surface area contributed by atoms with Crippen LogP contribution in [0.3, 0.4) is 0 Å². The summed E-state index contributed by atoms with van der Waals surface area (Å²) in [5.41, 5.74) is 0.710. The SMILES string of the molecule is COC(=O)c1ccc(N(C(=O)[C@H]2COc3ccccc3O2)[C@H](C(=O)NC2CCCCC2)c2ccco2)cc1. The summed E-state index contributed by atoms with van der Waals surface area (Å²) in [6.45, 7) is -0.0261. The number of nitrogens with one attached hydrogen (secondary N) is 1. The fraction of sp³-hybridized carbons (Fsp3) is 0.345. The molecule has 0 radical (unpaired) electrons. The van der Waals surface area contributed by atoms with Crippen LogP contribution < -0.4 is 19.7 Å². The van der Waals surface area contributed by atoms with Crippen LogP contribution in [0, 0.1) is 0 Å². The first-order valence-corrected chi connectivity index (χ1v) is 12.8. The average Bonchev–Trinajstić information content (AvgIpc) is 3.50. The summed E-state index contributed by atoms with van der Waals surface area (Å²) >= 11 is 0. The summed E-state index contributed by atoms with van der Waals surface area (Å²) in [5, 5.41) is 3.13. The van der Waals surface area contributed by atoms with Crippen molar-refractivity contribution in [2.75, 3.05) is 18.6 Å². The number of ether oxygens (including phenoxy) is 3. The predicted octanol–water partition coefficient (Wildman–Crippen LogP) is 4.43. The van der Waals surface area contributed by atoms with E-state index in [9.17, 15) is 14.4 Å². The molecule has 1 N–H and O–H groups in total. The molecule has 9 heteroatoms. The minimum Gasteiger partial charge on any atom is -0.485 e. The Bertz CT molecular complexity index is 1270. The van der Waals surface area contributed by atoms with Crippen LogP contribution in [0.25, 0.3) is 0 Å². The zero-order valence-corrected chi connectivity index (χ0v) is 21.1. The van der Waals surface area contributed by atoms with E-state index in [1.165, 1.54) is 18.3 Å². The molecule has 0 bridgehead atoms. The molecule has 2 aliphatic rings. The topological polar surface area (TPSA) is 107 Å². The van der Waals surface area contributed by atoms with Crippen LogP contribution in [-0.2, 0) is 14.3 Å². The summed E-state index contributed by atoms with van der Waals surface area (Å²) < 4.78 is 22.3. The number of benzene rings is 2. The van der Waals surface area contributed by atoms with Gasteiger partial charge in [-0.15, -0.1) is 0 Å². The summed E-state index contributed by atoms with van der Waals surface area (Å²) in [5.74, 6) is -0.0455. The number of carbonyl (C=O) groups is 3. The number of hydrogen-bond acceptors (Lipinski definition) is 7. The van der Waals surface area contributed by atoms with Gasteiger partial charge < -0.3 is 23.9 Å². The van der Waals surface area contributed by atoms with Crippen molar-refractivity contribution in [3.05, 3.63) is 78.3 Å². The second-order valence-electron chi connectivity index (χ2n) is 9.37. The quantitative estimate of drug-likeness (QED) is 0.461. The van der Waals surface area contributed by atoms with Gasteiger partial charge in [0.25, 0.3) is 11.8 Å². The smallest absolute Gasteiger partial charge is 0.337 e. The van der Waals surface area contributed by atoms with Crippen LogP contribution in [-0.4, -0.2) is 43.6 Å². The number of fused-ring (bicyclic) bond motifs is 1. The van der Waals surface area contributed by atoms with Gasteiger partial charge in [0.1, 0.15) is 12.4 Å². The molecule has 3 aromatic rings. The fourth-order valence-electron chi connectivity index (χ4n) is 4.92. The van der Waals surface area contributed by atoms with Crippen LogP contribution in [0.15, 0.2) is 71.3 Å². The number of rotatable bonds is 7. The van der Waals surface area contributed by atoms with Crippen molar-refractivity contribution in [3.8, 4) is 11.5 Å². The van der Waals surface area contributed by atoms with E-state index in [4.69, 9.17) is 18.6 Å². The van der Waals surface area contributed by atoms with E-state index in [2.05, 4.69) is 5.32 Å². The zero-order chi connectivity index (χ0) is 26.5. The standard InChI is InChI=1S/C29H30N2O7/c1-35-29(34)19-13-15-21(16-14-19)31(28(33)25-18-37-22-10-5-6-11-23(22)38-25)26(24-12-7-17-36-24)27(32)30-20-8-3-2-4-9-20/h5-7,10-17,20,25-26H,2-4,8-9,18H2,1H3,(H,30,32)/t25-,26+/m1/s1. The molecule has 2 atom stereocenters. The molecule has 0 spiro atoms. The Morgan fingerprint density at radius 1 is 0.947 bits per heavy atom. The molecule has 1 saturated carbocycles. The maximum absolute atomic E-state index is 14.1. The number of amides is 2. The average molecular weight is 519 g/mol. The van der Waals surface area contributed by atoms with Crippen LogP contribution in [0.4, 0.5) is 5.69 Å². The lowest BCUT2D eigenvalue weighted by molar-refractivity contribution is -0.132. The molecule has 2 aromatic carbocycles. The van der Waals surface area contributed by atoms with Crippen LogP contribution in [0.5, 0.6) is 11.5 Å². The Morgan fingerprint density at radius 3 is 2.37 bits per heavy atom. The van der Waals surface area contributed by atoms with Gasteiger partial charge in [0.05, 0.1) is 18.9 Å². The number of esters is 1. The monoisotopic (exact) mass is 518 g/mol. The van der Waals surface area contributed by atoms with Gasteiger partial charge in [-0.2, -0.15) is 0 Å². The molecule has 1 fully saturated rings. The van der Waals surface area contributed by atoms with Crippen LogP contribution >= 0.6 is 0 Å². The highest BCUT2D eigenvalue weighted by molar-refractivity contribution is 6.03. The molecule has 198 valence electrons. The van der Waals surface area contributed by atoms with Gasteiger partial charge in [0, 0.05) is 11.7 Å². The van der Waals surface area contributed by atoms with E-state index in [0.29, 0.717) is 28.5 Å². The molecular weight excluding hydrogens is 488 g/mol. The molecule has 2 amide bonds. The van der Waals surface area contributed by atoms with Gasteiger partial charge in [0.2, 0.25) is 6.10 Å². The lowest BCUT2D eigenvalue weighted by Crippen LogP contribution is -2.52. The van der Waals surface area contributed by atoms with Crippen LogP contribution in [0.1, 0.15) is 54.3 Å². The molecule has 2 heterocycles.